The summed E-state index contributed by atoms with van der Waals surface area (Å²) in [6.07, 6.45) is 0. The van der Waals surface area contributed by atoms with Crippen LogP contribution in [0, 0.1) is 0 Å². The highest BCUT2D eigenvalue weighted by Gasteiger charge is 2.26. The lowest BCUT2D eigenvalue weighted by molar-refractivity contribution is 0.739. The molecule has 0 spiro atoms. The molecule has 0 unspecified atom stereocenters. The molecule has 3 heteroatoms. The van der Waals surface area contributed by atoms with Crippen LogP contribution in [-0.2, 0) is 0 Å². The summed E-state index contributed by atoms with van der Waals surface area (Å²) in [5, 5.41) is 3.39. The van der Waals surface area contributed by atoms with Crippen molar-refractivity contribution in [1.82, 2.24) is 0 Å². The van der Waals surface area contributed by atoms with Crippen molar-refractivity contribution in [1.29, 1.82) is 0 Å². The zero-order valence-corrected chi connectivity index (χ0v) is 8.74. The average molecular weight is 194 g/mol. The highest BCUT2D eigenvalue weighted by atomic mass is 32.2. The maximum absolute atomic E-state index is 5.90. The standard InChI is InChI=1S/C10H14N2S/c1-10(2)6-12-8-5-3-4-7(11)9(8)13-10/h3-5,12H,6,11H2,1-2H3. The minimum Gasteiger partial charge on any atom is -0.398 e. The van der Waals surface area contributed by atoms with Crippen molar-refractivity contribution in [3.8, 4) is 0 Å². The molecule has 0 saturated heterocycles. The predicted molar refractivity (Wildman–Crippen MR) is 59.3 cm³/mol. The van der Waals surface area contributed by atoms with E-state index < -0.39 is 0 Å². The minimum absolute atomic E-state index is 0.239. The summed E-state index contributed by atoms with van der Waals surface area (Å²) in [7, 11) is 0. The molecular formula is C10H14N2S. The zero-order chi connectivity index (χ0) is 9.47. The van der Waals surface area contributed by atoms with Crippen molar-refractivity contribution in [2.45, 2.75) is 23.5 Å². The van der Waals surface area contributed by atoms with Crippen molar-refractivity contribution in [2.75, 3.05) is 17.6 Å². The number of benzene rings is 1. The number of nitrogen functional groups attached to an aromatic ring is 1. The van der Waals surface area contributed by atoms with Crippen LogP contribution < -0.4 is 11.1 Å². The highest BCUT2D eigenvalue weighted by Crippen LogP contribution is 2.44. The molecule has 70 valence electrons. The topological polar surface area (TPSA) is 38.0 Å². The van der Waals surface area contributed by atoms with Gasteiger partial charge in [-0.2, -0.15) is 0 Å². The first-order valence-electron chi connectivity index (χ1n) is 4.40. The van der Waals surface area contributed by atoms with Gasteiger partial charge >= 0.3 is 0 Å². The molecule has 0 amide bonds. The lowest BCUT2D eigenvalue weighted by Crippen LogP contribution is -2.30. The smallest absolute Gasteiger partial charge is 0.0540 e. The van der Waals surface area contributed by atoms with E-state index in [1.807, 2.05) is 23.9 Å². The van der Waals surface area contributed by atoms with Gasteiger partial charge in [-0.05, 0) is 26.0 Å². The summed E-state index contributed by atoms with van der Waals surface area (Å²) >= 11 is 1.85. The molecule has 2 rings (SSSR count). The Bertz CT molecular complexity index is 334. The molecule has 0 atom stereocenters. The van der Waals surface area contributed by atoms with Gasteiger partial charge in [0.15, 0.2) is 0 Å². The Labute approximate surface area is 82.9 Å². The van der Waals surface area contributed by atoms with Crippen molar-refractivity contribution >= 4 is 23.1 Å². The van der Waals surface area contributed by atoms with Crippen molar-refractivity contribution in [3.63, 3.8) is 0 Å². The molecule has 1 heterocycles. The summed E-state index contributed by atoms with van der Waals surface area (Å²) in [6, 6.07) is 6.02. The molecule has 1 aliphatic rings. The van der Waals surface area contributed by atoms with Gasteiger partial charge in [-0.25, -0.2) is 0 Å². The van der Waals surface area contributed by atoms with Gasteiger partial charge in [-0.15, -0.1) is 11.8 Å². The lowest BCUT2D eigenvalue weighted by atomic mass is 10.2. The number of thioether (sulfide) groups is 1. The van der Waals surface area contributed by atoms with E-state index in [4.69, 9.17) is 5.73 Å². The summed E-state index contributed by atoms with van der Waals surface area (Å²) in [5.74, 6) is 0. The Morgan fingerprint density at radius 3 is 3.00 bits per heavy atom. The van der Waals surface area contributed by atoms with Crippen molar-refractivity contribution in [3.05, 3.63) is 18.2 Å². The fourth-order valence-electron chi connectivity index (χ4n) is 1.43. The van der Waals surface area contributed by atoms with Crippen molar-refractivity contribution < 1.29 is 0 Å². The number of hydrogen-bond acceptors (Lipinski definition) is 3. The predicted octanol–water partition coefficient (Wildman–Crippen LogP) is 2.56. The van der Waals surface area contributed by atoms with Gasteiger partial charge in [0.2, 0.25) is 0 Å². The second-order valence-corrected chi connectivity index (χ2v) is 5.66. The van der Waals surface area contributed by atoms with Crippen molar-refractivity contribution in [2.24, 2.45) is 0 Å². The van der Waals surface area contributed by atoms with E-state index in [2.05, 4.69) is 25.2 Å². The second kappa shape index (κ2) is 2.84. The first-order valence-corrected chi connectivity index (χ1v) is 5.21. The van der Waals surface area contributed by atoms with Gasteiger partial charge in [0.25, 0.3) is 0 Å². The lowest BCUT2D eigenvalue weighted by Gasteiger charge is -2.32. The average Bonchev–Trinajstić information content (AvgIpc) is 2.06. The number of nitrogens with one attached hydrogen (secondary N) is 1. The van der Waals surface area contributed by atoms with Crippen LogP contribution >= 0.6 is 11.8 Å². The molecule has 0 radical (unpaired) electrons. The van der Waals surface area contributed by atoms with Crippen LogP contribution in [0.4, 0.5) is 11.4 Å². The zero-order valence-electron chi connectivity index (χ0n) is 7.92. The van der Waals surface area contributed by atoms with Gasteiger partial charge in [0, 0.05) is 22.7 Å². The van der Waals surface area contributed by atoms with E-state index in [0.717, 1.165) is 12.2 Å². The number of anilines is 2. The molecule has 0 bridgehead atoms. The van der Waals surface area contributed by atoms with E-state index in [-0.39, 0.29) is 4.75 Å². The maximum Gasteiger partial charge on any atom is 0.0540 e. The van der Waals surface area contributed by atoms with Gasteiger partial charge in [-0.3, -0.25) is 0 Å². The summed E-state index contributed by atoms with van der Waals surface area (Å²) in [6.45, 7) is 5.44. The van der Waals surface area contributed by atoms with Crippen LogP contribution in [0.5, 0.6) is 0 Å². The molecule has 2 nitrogen and oxygen atoms in total. The molecular weight excluding hydrogens is 180 g/mol. The molecule has 0 aromatic heterocycles. The second-order valence-electron chi connectivity index (χ2n) is 3.94. The number of nitrogens with two attached hydrogens (primary N) is 1. The first kappa shape index (κ1) is 8.75. The number of fused-ring (bicyclic) bond motifs is 1. The Hall–Kier alpha value is -0.830. The van der Waals surface area contributed by atoms with Crippen LogP contribution in [0.25, 0.3) is 0 Å². The highest BCUT2D eigenvalue weighted by molar-refractivity contribution is 8.01. The normalized spacial score (nSPS) is 18.9. The number of rotatable bonds is 0. The van der Waals surface area contributed by atoms with E-state index in [9.17, 15) is 0 Å². The Kier molecular flexibility index (Phi) is 1.91. The fourth-order valence-corrected chi connectivity index (χ4v) is 2.56. The molecule has 3 N–H and O–H groups in total. The third-order valence-electron chi connectivity index (χ3n) is 2.13. The van der Waals surface area contributed by atoms with E-state index in [1.54, 1.807) is 0 Å². The van der Waals surface area contributed by atoms with Crippen LogP contribution in [0.3, 0.4) is 0 Å². The van der Waals surface area contributed by atoms with Crippen LogP contribution in [0.2, 0.25) is 0 Å². The first-order chi connectivity index (χ1) is 6.08. The molecule has 1 aromatic rings. The Morgan fingerprint density at radius 1 is 1.46 bits per heavy atom. The van der Waals surface area contributed by atoms with Gasteiger partial charge in [0.05, 0.1) is 4.90 Å². The van der Waals surface area contributed by atoms with Crippen LogP contribution in [-0.4, -0.2) is 11.3 Å². The van der Waals surface area contributed by atoms with E-state index in [0.29, 0.717) is 0 Å². The molecule has 0 aliphatic carbocycles. The molecule has 0 fully saturated rings. The summed E-state index contributed by atoms with van der Waals surface area (Å²) in [5.41, 5.74) is 7.95. The van der Waals surface area contributed by atoms with Crippen LogP contribution in [0.15, 0.2) is 23.1 Å². The monoisotopic (exact) mass is 194 g/mol. The summed E-state index contributed by atoms with van der Waals surface area (Å²) in [4.78, 5) is 1.19. The van der Waals surface area contributed by atoms with Crippen LogP contribution in [0.1, 0.15) is 13.8 Å². The molecule has 1 aliphatic heterocycles. The van der Waals surface area contributed by atoms with Gasteiger partial charge < -0.3 is 11.1 Å². The maximum atomic E-state index is 5.90. The SMILES string of the molecule is CC1(C)CNc2cccc(N)c2S1. The quantitative estimate of drug-likeness (QED) is 0.623. The molecule has 0 saturated carbocycles. The Morgan fingerprint density at radius 2 is 2.23 bits per heavy atom. The Balaban J connectivity index is 2.44. The third-order valence-corrected chi connectivity index (χ3v) is 3.49. The molecule has 13 heavy (non-hydrogen) atoms. The molecule has 1 aromatic carbocycles. The van der Waals surface area contributed by atoms with Gasteiger partial charge in [0.1, 0.15) is 0 Å². The van der Waals surface area contributed by atoms with E-state index in [1.165, 1.54) is 10.6 Å². The largest absolute Gasteiger partial charge is 0.398 e. The summed E-state index contributed by atoms with van der Waals surface area (Å²) < 4.78 is 0.239. The van der Waals surface area contributed by atoms with Gasteiger partial charge in [-0.1, -0.05) is 6.07 Å². The fraction of sp³-hybridized carbons (Fsp3) is 0.400. The van der Waals surface area contributed by atoms with E-state index >= 15 is 0 Å². The number of hydrogen-bond donors (Lipinski definition) is 2. The third kappa shape index (κ3) is 1.61. The minimum atomic E-state index is 0.239.